The molecule has 8 heteroatoms. The number of fused-ring (bicyclic) bond motifs is 1. The van der Waals surface area contributed by atoms with Gasteiger partial charge in [0.25, 0.3) is 0 Å². The largest absolute Gasteiger partial charge is 0.352 e. The number of carbonyl (C=O) groups is 1. The van der Waals surface area contributed by atoms with E-state index in [0.29, 0.717) is 13.1 Å². The van der Waals surface area contributed by atoms with E-state index < -0.39 is 0 Å². The molecular weight excluding hydrogens is 384 g/mol. The Labute approximate surface area is 175 Å². The van der Waals surface area contributed by atoms with E-state index in [9.17, 15) is 4.79 Å². The summed E-state index contributed by atoms with van der Waals surface area (Å²) in [6.07, 6.45) is 1.82. The van der Waals surface area contributed by atoms with Crippen molar-refractivity contribution >= 4 is 34.5 Å². The molecule has 1 aliphatic rings. The van der Waals surface area contributed by atoms with Gasteiger partial charge in [-0.25, -0.2) is 9.97 Å². The third kappa shape index (κ3) is 4.22. The van der Waals surface area contributed by atoms with Crippen LogP contribution in [0.4, 0.5) is 5.82 Å². The van der Waals surface area contributed by atoms with Gasteiger partial charge in [0.05, 0.1) is 11.6 Å². The zero-order chi connectivity index (χ0) is 20.4. The molecule has 0 saturated carbocycles. The Morgan fingerprint density at radius 1 is 1.14 bits per heavy atom. The van der Waals surface area contributed by atoms with Gasteiger partial charge in [-0.05, 0) is 19.1 Å². The summed E-state index contributed by atoms with van der Waals surface area (Å²) in [4.78, 5) is 27.5. The Hall–Kier alpha value is -2.61. The van der Waals surface area contributed by atoms with Gasteiger partial charge in [0.2, 0.25) is 5.91 Å². The first-order valence-corrected chi connectivity index (χ1v) is 10.9. The van der Waals surface area contributed by atoms with Crippen molar-refractivity contribution in [2.45, 2.75) is 18.7 Å². The van der Waals surface area contributed by atoms with Crippen LogP contribution >= 0.6 is 11.8 Å². The number of aromatic nitrogens is 4. The number of piperazine rings is 1. The highest BCUT2D eigenvalue weighted by atomic mass is 32.2. The number of carbonyl (C=O) groups excluding carboxylic acids is 1. The monoisotopic (exact) mass is 410 g/mol. The fraction of sp³-hybridized carbons (Fsp3) is 0.429. The highest BCUT2D eigenvalue weighted by Gasteiger charge is 2.27. The predicted octanol–water partition coefficient (Wildman–Crippen LogP) is 2.75. The summed E-state index contributed by atoms with van der Waals surface area (Å²) < 4.78 is 1.78. The van der Waals surface area contributed by atoms with E-state index in [1.54, 1.807) is 16.4 Å². The molecule has 0 radical (unpaired) electrons. The van der Waals surface area contributed by atoms with Crippen LogP contribution in [0.3, 0.4) is 0 Å². The van der Waals surface area contributed by atoms with Crippen molar-refractivity contribution in [3.8, 4) is 0 Å². The standard InChI is InChI=1S/C21H26N6OS/c1-15(14-29-17-7-5-4-6-8-17)21(28)27-11-9-26(10-12-27)20-18-13-22-25(3)19(18)23-16(2)24-20/h4-8,13,15H,9-12,14H2,1-3H3. The van der Waals surface area contributed by atoms with Gasteiger partial charge < -0.3 is 9.80 Å². The van der Waals surface area contributed by atoms with E-state index in [-0.39, 0.29) is 11.8 Å². The average molecular weight is 411 g/mol. The lowest BCUT2D eigenvalue weighted by molar-refractivity contribution is -0.134. The second-order valence-corrected chi connectivity index (χ2v) is 8.53. The molecule has 3 heterocycles. The fourth-order valence-electron chi connectivity index (χ4n) is 3.61. The number of benzene rings is 1. The van der Waals surface area contributed by atoms with Crippen molar-refractivity contribution in [1.29, 1.82) is 0 Å². The summed E-state index contributed by atoms with van der Waals surface area (Å²) in [6, 6.07) is 10.2. The quantitative estimate of drug-likeness (QED) is 0.603. The van der Waals surface area contributed by atoms with Gasteiger partial charge in [-0.3, -0.25) is 9.48 Å². The molecule has 152 valence electrons. The number of anilines is 1. The molecule has 29 heavy (non-hydrogen) atoms. The van der Waals surface area contributed by atoms with E-state index in [0.717, 1.165) is 41.5 Å². The van der Waals surface area contributed by atoms with Crippen molar-refractivity contribution in [1.82, 2.24) is 24.6 Å². The van der Waals surface area contributed by atoms with Crippen LogP contribution in [0.25, 0.3) is 11.0 Å². The molecule has 1 aromatic carbocycles. The van der Waals surface area contributed by atoms with Gasteiger partial charge in [0.1, 0.15) is 11.6 Å². The lowest BCUT2D eigenvalue weighted by Crippen LogP contribution is -2.50. The molecule has 7 nitrogen and oxygen atoms in total. The van der Waals surface area contributed by atoms with Crippen molar-refractivity contribution in [2.24, 2.45) is 13.0 Å². The molecule has 0 N–H and O–H groups in total. The number of hydrogen-bond donors (Lipinski definition) is 0. The smallest absolute Gasteiger partial charge is 0.226 e. The Kier molecular flexibility index (Phi) is 5.71. The maximum absolute atomic E-state index is 12.9. The van der Waals surface area contributed by atoms with Crippen molar-refractivity contribution in [2.75, 3.05) is 36.8 Å². The number of aryl methyl sites for hydroxylation is 2. The topological polar surface area (TPSA) is 67.2 Å². The number of rotatable bonds is 5. The maximum Gasteiger partial charge on any atom is 0.226 e. The molecular formula is C21H26N6OS. The SMILES string of the molecule is Cc1nc(N2CCN(C(=O)C(C)CSc3ccccc3)CC2)c2cnn(C)c2n1. The molecule has 0 spiro atoms. The molecule has 4 rings (SSSR count). The number of amides is 1. The van der Waals surface area contributed by atoms with Crippen molar-refractivity contribution in [3.63, 3.8) is 0 Å². The molecule has 0 aliphatic carbocycles. The van der Waals surface area contributed by atoms with Crippen LogP contribution in [0.5, 0.6) is 0 Å². The summed E-state index contributed by atoms with van der Waals surface area (Å²) >= 11 is 1.74. The zero-order valence-electron chi connectivity index (χ0n) is 17.1. The van der Waals surface area contributed by atoms with Crippen LogP contribution in [0, 0.1) is 12.8 Å². The summed E-state index contributed by atoms with van der Waals surface area (Å²) in [5.41, 5.74) is 0.845. The molecule has 2 aromatic heterocycles. The highest BCUT2D eigenvalue weighted by molar-refractivity contribution is 7.99. The molecule has 1 fully saturated rings. The minimum absolute atomic E-state index is 0.00178. The molecule has 1 unspecified atom stereocenters. The van der Waals surface area contributed by atoms with Crippen LogP contribution in [0.1, 0.15) is 12.7 Å². The summed E-state index contributed by atoms with van der Waals surface area (Å²) in [5, 5.41) is 5.29. The summed E-state index contributed by atoms with van der Waals surface area (Å²) in [6.45, 7) is 6.89. The second kappa shape index (κ2) is 8.41. The van der Waals surface area contributed by atoms with Crippen LogP contribution < -0.4 is 4.90 Å². The first kappa shape index (κ1) is 19.7. The number of nitrogens with zero attached hydrogens (tertiary/aromatic N) is 6. The van der Waals surface area contributed by atoms with Gasteiger partial charge in [-0.15, -0.1) is 11.8 Å². The minimum atomic E-state index is -0.00178. The first-order valence-electron chi connectivity index (χ1n) is 9.91. The summed E-state index contributed by atoms with van der Waals surface area (Å²) in [7, 11) is 1.89. The van der Waals surface area contributed by atoms with Gasteiger partial charge in [0.15, 0.2) is 5.65 Å². The number of hydrogen-bond acceptors (Lipinski definition) is 6. The van der Waals surface area contributed by atoms with E-state index in [4.69, 9.17) is 0 Å². The van der Waals surface area contributed by atoms with Crippen molar-refractivity contribution < 1.29 is 4.79 Å². The molecule has 1 amide bonds. The minimum Gasteiger partial charge on any atom is -0.352 e. The van der Waals surface area contributed by atoms with E-state index in [2.05, 4.69) is 32.1 Å². The average Bonchev–Trinajstić information content (AvgIpc) is 3.12. The van der Waals surface area contributed by atoms with E-state index >= 15 is 0 Å². The molecule has 1 aliphatic heterocycles. The Bertz CT molecular complexity index is 997. The number of thioether (sulfide) groups is 1. The molecule has 0 bridgehead atoms. The molecule has 1 saturated heterocycles. The van der Waals surface area contributed by atoms with Crippen LogP contribution in [-0.4, -0.2) is 62.5 Å². The lowest BCUT2D eigenvalue weighted by Gasteiger charge is -2.36. The lowest BCUT2D eigenvalue weighted by atomic mass is 10.1. The predicted molar refractivity (Wildman–Crippen MR) is 116 cm³/mol. The Morgan fingerprint density at radius 2 is 1.86 bits per heavy atom. The Balaban J connectivity index is 1.37. The maximum atomic E-state index is 12.9. The normalized spacial score (nSPS) is 15.7. The fourth-order valence-corrected chi connectivity index (χ4v) is 4.55. The first-order chi connectivity index (χ1) is 14.0. The third-order valence-electron chi connectivity index (χ3n) is 5.24. The molecule has 3 aromatic rings. The second-order valence-electron chi connectivity index (χ2n) is 7.44. The van der Waals surface area contributed by atoms with Crippen molar-refractivity contribution in [3.05, 3.63) is 42.4 Å². The van der Waals surface area contributed by atoms with Crippen LogP contribution in [0.2, 0.25) is 0 Å². The molecule has 1 atom stereocenters. The van der Waals surface area contributed by atoms with Gasteiger partial charge >= 0.3 is 0 Å². The zero-order valence-corrected chi connectivity index (χ0v) is 17.9. The third-order valence-corrected chi connectivity index (χ3v) is 6.51. The van der Waals surface area contributed by atoms with E-state index in [1.807, 2.05) is 50.2 Å². The van der Waals surface area contributed by atoms with Gasteiger partial charge in [-0.1, -0.05) is 25.1 Å². The van der Waals surface area contributed by atoms with Crippen LogP contribution in [0.15, 0.2) is 41.4 Å². The van der Waals surface area contributed by atoms with Crippen LogP contribution in [-0.2, 0) is 11.8 Å². The summed E-state index contributed by atoms with van der Waals surface area (Å²) in [5.74, 6) is 2.68. The highest BCUT2D eigenvalue weighted by Crippen LogP contribution is 2.25. The Morgan fingerprint density at radius 3 is 2.59 bits per heavy atom. The van der Waals surface area contributed by atoms with Gasteiger partial charge in [-0.2, -0.15) is 5.10 Å². The van der Waals surface area contributed by atoms with Gasteiger partial charge in [0, 0.05) is 49.8 Å². The van der Waals surface area contributed by atoms with E-state index in [1.165, 1.54) is 4.90 Å².